The molecule has 10 heteroatoms. The van der Waals surface area contributed by atoms with Crippen LogP contribution in [0.4, 0.5) is 0 Å². The summed E-state index contributed by atoms with van der Waals surface area (Å²) in [7, 11) is 0. The lowest BCUT2D eigenvalue weighted by Crippen LogP contribution is -2.42. The fraction of sp³-hybridized carbons (Fsp3) is 0.217. The molecule has 166 valence electrons. The van der Waals surface area contributed by atoms with Crippen LogP contribution in [0.5, 0.6) is 5.19 Å². The smallest absolute Gasteiger partial charge is 0.294 e. The predicted octanol–water partition coefficient (Wildman–Crippen LogP) is 4.02. The van der Waals surface area contributed by atoms with E-state index in [0.29, 0.717) is 10.8 Å². The molecule has 0 spiro atoms. The minimum atomic E-state index is 0.0570. The van der Waals surface area contributed by atoms with Gasteiger partial charge in [0, 0.05) is 46.6 Å². The fourth-order valence-electron chi connectivity index (χ4n) is 4.32. The lowest BCUT2D eigenvalue weighted by Gasteiger charge is -2.31. The van der Waals surface area contributed by atoms with Crippen molar-refractivity contribution in [1.29, 1.82) is 0 Å². The molecular formula is C23H19BrN6O2S. The summed E-state index contributed by atoms with van der Waals surface area (Å²) in [5, 5.41) is 5.45. The Labute approximate surface area is 202 Å². The van der Waals surface area contributed by atoms with Crippen LogP contribution >= 0.6 is 27.3 Å². The zero-order chi connectivity index (χ0) is 22.5. The zero-order valence-corrected chi connectivity index (χ0v) is 19.9. The van der Waals surface area contributed by atoms with Gasteiger partial charge in [-0.05, 0) is 65.5 Å². The monoisotopic (exact) mass is 522 g/mol. The summed E-state index contributed by atoms with van der Waals surface area (Å²) >= 11 is 5.11. The Bertz CT molecular complexity index is 1380. The van der Waals surface area contributed by atoms with Gasteiger partial charge in [0.25, 0.3) is 11.1 Å². The number of aromatic nitrogens is 4. The first-order chi connectivity index (χ1) is 16.1. The van der Waals surface area contributed by atoms with Crippen molar-refractivity contribution < 1.29 is 9.63 Å². The topological polar surface area (TPSA) is 99.2 Å². The van der Waals surface area contributed by atoms with Gasteiger partial charge in [0.15, 0.2) is 0 Å². The molecule has 4 heterocycles. The number of hydrogen-bond donors (Lipinski definition) is 1. The Morgan fingerprint density at radius 3 is 2.79 bits per heavy atom. The maximum atomic E-state index is 12.7. The first kappa shape index (κ1) is 20.5. The number of amides is 1. The second-order valence-electron chi connectivity index (χ2n) is 8.01. The molecule has 33 heavy (non-hydrogen) atoms. The highest BCUT2D eigenvalue weighted by Crippen LogP contribution is 2.45. The highest BCUT2D eigenvalue weighted by atomic mass is 79.9. The molecule has 4 aromatic rings. The van der Waals surface area contributed by atoms with Crippen LogP contribution in [0.15, 0.2) is 47.2 Å². The van der Waals surface area contributed by atoms with Gasteiger partial charge in [-0.2, -0.15) is 11.0 Å². The first-order valence-corrected chi connectivity index (χ1v) is 12.2. The Balaban J connectivity index is 1.52. The molecule has 0 atom stereocenters. The SMILES string of the molecule is NOc1nc2c(s1)-c1c(c(-c3cccnc3)nn1-c1ccc(C(=O)N3CCC3)cc1Br)CC2. The standard InChI is InChI=1S/C23H19BrN6O2S/c24-16-11-13(22(31)29-9-2-10-29)4-7-18(16)30-20-15(19(28-30)14-3-1-8-26-12-14)5-6-17-21(20)33-23(27-17)32-25/h1,3-4,7-8,11-12H,2,5-6,9-10,25H2. The van der Waals surface area contributed by atoms with Crippen LogP contribution in [0, 0.1) is 0 Å². The number of aryl methyl sites for hydroxylation is 1. The molecule has 1 aromatic carbocycles. The number of nitrogens with two attached hydrogens (primary N) is 1. The lowest BCUT2D eigenvalue weighted by molar-refractivity contribution is 0.0652. The normalized spacial score (nSPS) is 14.4. The van der Waals surface area contributed by atoms with Crippen LogP contribution in [0.2, 0.25) is 0 Å². The summed E-state index contributed by atoms with van der Waals surface area (Å²) < 4.78 is 2.72. The second-order valence-corrected chi connectivity index (χ2v) is 9.83. The molecule has 1 fully saturated rings. The van der Waals surface area contributed by atoms with Crippen molar-refractivity contribution in [3.63, 3.8) is 0 Å². The van der Waals surface area contributed by atoms with Gasteiger partial charge < -0.3 is 9.74 Å². The van der Waals surface area contributed by atoms with Crippen LogP contribution in [-0.2, 0) is 12.8 Å². The summed E-state index contributed by atoms with van der Waals surface area (Å²) in [5.74, 6) is 5.47. The predicted molar refractivity (Wildman–Crippen MR) is 128 cm³/mol. The van der Waals surface area contributed by atoms with Crippen molar-refractivity contribution in [2.75, 3.05) is 13.1 Å². The summed E-state index contributed by atoms with van der Waals surface area (Å²) in [6, 6.07) is 9.60. The molecule has 8 nitrogen and oxygen atoms in total. The van der Waals surface area contributed by atoms with E-state index in [1.54, 1.807) is 6.20 Å². The summed E-state index contributed by atoms with van der Waals surface area (Å²) in [6.07, 6.45) is 6.22. The van der Waals surface area contributed by atoms with E-state index in [1.807, 2.05) is 46.1 Å². The van der Waals surface area contributed by atoms with Crippen molar-refractivity contribution in [2.45, 2.75) is 19.3 Å². The van der Waals surface area contributed by atoms with Gasteiger partial charge in [0.05, 0.1) is 27.6 Å². The highest BCUT2D eigenvalue weighted by Gasteiger charge is 2.31. The third-order valence-corrected chi connectivity index (χ3v) is 7.72. The van der Waals surface area contributed by atoms with Gasteiger partial charge >= 0.3 is 0 Å². The molecule has 2 aliphatic rings. The average Bonchev–Trinajstić information content (AvgIpc) is 3.39. The van der Waals surface area contributed by atoms with Gasteiger partial charge in [0.2, 0.25) is 0 Å². The third kappa shape index (κ3) is 3.36. The van der Waals surface area contributed by atoms with Crippen molar-refractivity contribution >= 4 is 33.2 Å². The van der Waals surface area contributed by atoms with Gasteiger partial charge in [-0.15, -0.1) is 0 Å². The molecule has 2 N–H and O–H groups in total. The van der Waals surface area contributed by atoms with E-state index in [4.69, 9.17) is 15.8 Å². The number of carbonyl (C=O) groups is 1. The number of carbonyl (C=O) groups excluding carboxylic acids is 1. The highest BCUT2D eigenvalue weighted by molar-refractivity contribution is 9.10. The number of nitrogens with zero attached hydrogens (tertiary/aromatic N) is 5. The van der Waals surface area contributed by atoms with E-state index < -0.39 is 0 Å². The van der Waals surface area contributed by atoms with Crippen LogP contribution in [0.25, 0.3) is 27.5 Å². The molecule has 3 aromatic heterocycles. The van der Waals surface area contributed by atoms with Gasteiger partial charge in [-0.25, -0.2) is 9.67 Å². The summed E-state index contributed by atoms with van der Waals surface area (Å²) in [6.45, 7) is 1.64. The van der Waals surface area contributed by atoms with Crippen LogP contribution < -0.4 is 10.7 Å². The molecule has 1 aliphatic carbocycles. The molecule has 0 saturated carbocycles. The number of thiazole rings is 1. The average molecular weight is 523 g/mol. The maximum Gasteiger partial charge on any atom is 0.294 e. The molecule has 1 saturated heterocycles. The van der Waals surface area contributed by atoms with Crippen LogP contribution in [0.1, 0.15) is 28.0 Å². The van der Waals surface area contributed by atoms with E-state index in [-0.39, 0.29) is 5.91 Å². The molecule has 1 aliphatic heterocycles. The number of pyridine rings is 1. The number of halogens is 1. The minimum Gasteiger partial charge on any atom is -0.380 e. The van der Waals surface area contributed by atoms with Crippen molar-refractivity contribution in [1.82, 2.24) is 24.6 Å². The molecule has 6 rings (SSSR count). The molecule has 0 radical (unpaired) electrons. The molecular weight excluding hydrogens is 504 g/mol. The number of likely N-dealkylation sites (tertiary alicyclic amines) is 1. The summed E-state index contributed by atoms with van der Waals surface area (Å²) in [4.78, 5) is 29.3. The Kier molecular flexibility index (Phi) is 5.01. The van der Waals surface area contributed by atoms with Crippen molar-refractivity contribution in [3.8, 4) is 32.7 Å². The van der Waals surface area contributed by atoms with E-state index in [0.717, 1.165) is 75.6 Å². The number of rotatable bonds is 4. The van der Waals surface area contributed by atoms with Crippen molar-refractivity contribution in [3.05, 3.63) is 64.0 Å². The largest absolute Gasteiger partial charge is 0.380 e. The van der Waals surface area contributed by atoms with Crippen LogP contribution in [-0.4, -0.2) is 43.6 Å². The summed E-state index contributed by atoms with van der Waals surface area (Å²) in [5.41, 5.74) is 6.41. The third-order valence-electron chi connectivity index (χ3n) is 6.09. The minimum absolute atomic E-state index is 0.0570. The zero-order valence-electron chi connectivity index (χ0n) is 17.5. The number of hydrogen-bond acceptors (Lipinski definition) is 7. The Hall–Kier alpha value is -3.08. The molecule has 0 unspecified atom stereocenters. The van der Waals surface area contributed by atoms with E-state index >= 15 is 0 Å². The second kappa shape index (κ2) is 8.05. The molecule has 1 amide bonds. The van der Waals surface area contributed by atoms with E-state index in [9.17, 15) is 4.79 Å². The maximum absolute atomic E-state index is 12.7. The number of fused-ring (bicyclic) bond motifs is 3. The van der Waals surface area contributed by atoms with Gasteiger partial charge in [0.1, 0.15) is 0 Å². The lowest BCUT2D eigenvalue weighted by atomic mass is 9.95. The molecule has 0 bridgehead atoms. The van der Waals surface area contributed by atoms with Crippen molar-refractivity contribution in [2.24, 2.45) is 5.90 Å². The van der Waals surface area contributed by atoms with E-state index in [2.05, 4.69) is 25.9 Å². The van der Waals surface area contributed by atoms with Gasteiger partial charge in [-0.1, -0.05) is 11.3 Å². The Morgan fingerprint density at radius 1 is 1.21 bits per heavy atom. The first-order valence-electron chi connectivity index (χ1n) is 10.6. The van der Waals surface area contributed by atoms with Crippen LogP contribution in [0.3, 0.4) is 0 Å². The fourth-order valence-corrected chi connectivity index (χ4v) is 5.82. The number of benzene rings is 1. The van der Waals surface area contributed by atoms with Gasteiger partial charge in [-0.3, -0.25) is 9.78 Å². The quantitative estimate of drug-likeness (QED) is 0.406. The Morgan fingerprint density at radius 2 is 2.09 bits per heavy atom. The van der Waals surface area contributed by atoms with E-state index in [1.165, 1.54) is 11.3 Å².